The molecule has 0 saturated carbocycles. The molecule has 1 atom stereocenters. The molecule has 0 bridgehead atoms. The summed E-state index contributed by atoms with van der Waals surface area (Å²) < 4.78 is 29.6. The molecule has 0 amide bonds. The average molecular weight is 366 g/mol. The van der Waals surface area contributed by atoms with Gasteiger partial charge in [0.05, 0.1) is 12.0 Å². The van der Waals surface area contributed by atoms with Crippen LogP contribution < -0.4 is 4.74 Å². The lowest BCUT2D eigenvalue weighted by molar-refractivity contribution is 0.238. The highest BCUT2D eigenvalue weighted by atomic mass is 32.2. The average Bonchev–Trinajstić information content (AvgIpc) is 2.67. The van der Waals surface area contributed by atoms with Gasteiger partial charge in [0.25, 0.3) is 0 Å². The van der Waals surface area contributed by atoms with E-state index in [1.165, 1.54) is 19.2 Å². The van der Waals surface area contributed by atoms with Gasteiger partial charge in [-0.1, -0.05) is 48.2 Å². The van der Waals surface area contributed by atoms with Gasteiger partial charge in [-0.3, -0.25) is 0 Å². The lowest BCUT2D eigenvalue weighted by atomic mass is 10.0. The molecule has 0 fully saturated rings. The quantitative estimate of drug-likeness (QED) is 0.719. The zero-order valence-electron chi connectivity index (χ0n) is 14.2. The van der Waals surface area contributed by atoms with Crippen molar-refractivity contribution < 1.29 is 18.3 Å². The van der Waals surface area contributed by atoms with Crippen molar-refractivity contribution in [2.75, 3.05) is 12.9 Å². The Morgan fingerprint density at radius 3 is 2.38 bits per heavy atom. The highest BCUT2D eigenvalue weighted by molar-refractivity contribution is 7.91. The van der Waals surface area contributed by atoms with Crippen LogP contribution in [0.1, 0.15) is 11.7 Å². The maximum Gasteiger partial charge on any atom is 0.189 e. The van der Waals surface area contributed by atoms with Crippen molar-refractivity contribution in [3.63, 3.8) is 0 Å². The molecule has 132 valence electrons. The molecule has 0 aromatic heterocycles. The summed E-state index contributed by atoms with van der Waals surface area (Å²) in [5, 5.41) is 12.3. The number of aliphatic hydroxyl groups is 1. The Morgan fingerprint density at radius 1 is 1.00 bits per heavy atom. The molecule has 0 aliphatic heterocycles. The minimum Gasteiger partial charge on any atom is -0.497 e. The number of aliphatic hydroxyl groups excluding tert-OH is 1. The van der Waals surface area contributed by atoms with Gasteiger partial charge in [0.15, 0.2) is 9.84 Å². The third-order valence-electron chi connectivity index (χ3n) is 4.01. The van der Waals surface area contributed by atoms with Gasteiger partial charge in [-0.2, -0.15) is 0 Å². The predicted octanol–water partition coefficient (Wildman–Crippen LogP) is 3.36. The number of fused-ring (bicyclic) bond motifs is 1. The SMILES string of the molecule is COc1ccc(S(=O)(=O)CC#CC(O)c2ccc3ccccc3c2)cc1. The number of benzene rings is 3. The Kier molecular flexibility index (Phi) is 5.27. The van der Waals surface area contributed by atoms with E-state index in [0.29, 0.717) is 11.3 Å². The fraction of sp³-hybridized carbons (Fsp3) is 0.143. The van der Waals surface area contributed by atoms with E-state index in [1.54, 1.807) is 18.2 Å². The molecule has 3 rings (SSSR count). The molecular weight excluding hydrogens is 348 g/mol. The molecule has 0 aliphatic carbocycles. The van der Waals surface area contributed by atoms with Crippen molar-refractivity contribution >= 4 is 20.6 Å². The molecule has 26 heavy (non-hydrogen) atoms. The van der Waals surface area contributed by atoms with Gasteiger partial charge >= 0.3 is 0 Å². The summed E-state index contributed by atoms with van der Waals surface area (Å²) >= 11 is 0. The summed E-state index contributed by atoms with van der Waals surface area (Å²) in [6.45, 7) is 0. The predicted molar refractivity (Wildman–Crippen MR) is 102 cm³/mol. The third kappa shape index (κ3) is 4.05. The van der Waals surface area contributed by atoms with Crippen LogP contribution in [0.2, 0.25) is 0 Å². The first kappa shape index (κ1) is 18.0. The summed E-state index contributed by atoms with van der Waals surface area (Å²) in [6.07, 6.45) is -1.04. The molecule has 0 radical (unpaired) electrons. The van der Waals surface area contributed by atoms with Crippen molar-refractivity contribution in [1.29, 1.82) is 0 Å². The van der Waals surface area contributed by atoms with Crippen LogP contribution in [0.4, 0.5) is 0 Å². The Balaban J connectivity index is 1.74. The zero-order valence-corrected chi connectivity index (χ0v) is 15.0. The first-order valence-corrected chi connectivity index (χ1v) is 9.67. The molecule has 4 nitrogen and oxygen atoms in total. The molecule has 5 heteroatoms. The van der Waals surface area contributed by atoms with Gasteiger partial charge in [0.1, 0.15) is 17.6 Å². The number of sulfone groups is 1. The van der Waals surface area contributed by atoms with Gasteiger partial charge in [0, 0.05) is 0 Å². The summed E-state index contributed by atoms with van der Waals surface area (Å²) in [5.41, 5.74) is 0.637. The van der Waals surface area contributed by atoms with Crippen LogP contribution in [0.3, 0.4) is 0 Å². The van der Waals surface area contributed by atoms with E-state index in [2.05, 4.69) is 11.8 Å². The van der Waals surface area contributed by atoms with Crippen LogP contribution in [0.15, 0.2) is 71.6 Å². The molecule has 0 saturated heterocycles. The molecular formula is C21H18O4S. The fourth-order valence-corrected chi connectivity index (χ4v) is 3.55. The molecule has 3 aromatic rings. The summed E-state index contributed by atoms with van der Waals surface area (Å²) in [5.74, 6) is 5.42. The normalized spacial score (nSPS) is 12.2. The zero-order chi connectivity index (χ0) is 18.6. The van der Waals surface area contributed by atoms with Gasteiger partial charge < -0.3 is 9.84 Å². The lowest BCUT2D eigenvalue weighted by Gasteiger charge is -2.06. The second kappa shape index (κ2) is 7.61. The smallest absolute Gasteiger partial charge is 0.189 e. The third-order valence-corrected chi connectivity index (χ3v) is 5.52. The van der Waals surface area contributed by atoms with Crippen molar-refractivity contribution in [2.45, 2.75) is 11.0 Å². The van der Waals surface area contributed by atoms with Crippen LogP contribution in [-0.4, -0.2) is 26.4 Å². The standard InChI is InChI=1S/C21H18O4S/c1-25-19-10-12-20(13-11-19)26(23,24)14-4-7-21(22)18-9-8-16-5-2-3-6-17(16)15-18/h2-3,5-6,8-13,15,21-22H,14H2,1H3. The van der Waals surface area contributed by atoms with Crippen molar-refractivity contribution in [3.05, 3.63) is 72.3 Å². The second-order valence-electron chi connectivity index (χ2n) is 5.76. The Labute approximate surface area is 153 Å². The number of ether oxygens (including phenoxy) is 1. The number of methoxy groups -OCH3 is 1. The van der Waals surface area contributed by atoms with E-state index >= 15 is 0 Å². The van der Waals surface area contributed by atoms with E-state index < -0.39 is 15.9 Å². The highest BCUT2D eigenvalue weighted by Gasteiger charge is 2.13. The number of rotatable bonds is 4. The highest BCUT2D eigenvalue weighted by Crippen LogP contribution is 2.20. The van der Waals surface area contributed by atoms with Crippen molar-refractivity contribution in [1.82, 2.24) is 0 Å². The molecule has 0 spiro atoms. The summed E-state index contributed by atoms with van der Waals surface area (Å²) in [6, 6.07) is 19.5. The lowest BCUT2D eigenvalue weighted by Crippen LogP contribution is -2.05. The van der Waals surface area contributed by atoms with E-state index in [0.717, 1.165) is 10.8 Å². The van der Waals surface area contributed by atoms with Crippen LogP contribution in [0, 0.1) is 11.8 Å². The first-order valence-electron chi connectivity index (χ1n) is 8.01. The van der Waals surface area contributed by atoms with Crippen LogP contribution in [-0.2, 0) is 9.84 Å². The Morgan fingerprint density at radius 2 is 1.69 bits per heavy atom. The number of hydrogen-bond donors (Lipinski definition) is 1. The topological polar surface area (TPSA) is 63.6 Å². The minimum absolute atomic E-state index is 0.174. The van der Waals surface area contributed by atoms with Crippen LogP contribution in [0.25, 0.3) is 10.8 Å². The van der Waals surface area contributed by atoms with E-state index in [1.807, 2.05) is 36.4 Å². The summed E-state index contributed by atoms with van der Waals surface area (Å²) in [4.78, 5) is 0.174. The molecule has 0 heterocycles. The van der Waals surface area contributed by atoms with Crippen molar-refractivity contribution in [2.24, 2.45) is 0 Å². The summed E-state index contributed by atoms with van der Waals surface area (Å²) in [7, 11) is -2.02. The van der Waals surface area contributed by atoms with Gasteiger partial charge in [-0.15, -0.1) is 0 Å². The number of hydrogen-bond acceptors (Lipinski definition) is 4. The largest absolute Gasteiger partial charge is 0.497 e. The molecule has 3 aromatic carbocycles. The van der Waals surface area contributed by atoms with Gasteiger partial charge in [-0.25, -0.2) is 8.42 Å². The van der Waals surface area contributed by atoms with E-state index in [9.17, 15) is 13.5 Å². The van der Waals surface area contributed by atoms with Gasteiger partial charge in [-0.05, 0) is 46.7 Å². The van der Waals surface area contributed by atoms with E-state index in [4.69, 9.17) is 4.74 Å². The van der Waals surface area contributed by atoms with Crippen LogP contribution in [0.5, 0.6) is 5.75 Å². The minimum atomic E-state index is -3.54. The monoisotopic (exact) mass is 366 g/mol. The Hall–Kier alpha value is -2.81. The maximum atomic E-state index is 12.3. The molecule has 0 aliphatic rings. The first-order chi connectivity index (χ1) is 12.5. The molecule has 1 unspecified atom stereocenters. The van der Waals surface area contributed by atoms with Crippen molar-refractivity contribution in [3.8, 4) is 17.6 Å². The van der Waals surface area contributed by atoms with Gasteiger partial charge in [0.2, 0.25) is 0 Å². The second-order valence-corrected chi connectivity index (χ2v) is 7.75. The fourth-order valence-electron chi connectivity index (χ4n) is 2.56. The van der Waals surface area contributed by atoms with Crippen LogP contribution >= 0.6 is 0 Å². The van der Waals surface area contributed by atoms with E-state index in [-0.39, 0.29) is 10.6 Å². The Bertz CT molecular complexity index is 1070. The maximum absolute atomic E-state index is 12.3. The molecule has 1 N–H and O–H groups in total.